The van der Waals surface area contributed by atoms with Crippen LogP contribution in [-0.2, 0) is 16.1 Å². The Hall–Kier alpha value is -2.25. The maximum Gasteiger partial charge on any atom is 0.292 e. The first-order valence-corrected chi connectivity index (χ1v) is 8.61. The Kier molecular flexibility index (Phi) is 4.76. The molecule has 0 bridgehead atoms. The molecule has 1 unspecified atom stereocenters. The van der Waals surface area contributed by atoms with E-state index in [9.17, 15) is 4.79 Å². The summed E-state index contributed by atoms with van der Waals surface area (Å²) >= 11 is 0. The highest BCUT2D eigenvalue weighted by atomic mass is 16.5. The van der Waals surface area contributed by atoms with Gasteiger partial charge in [0.25, 0.3) is 5.91 Å². The van der Waals surface area contributed by atoms with Crippen LogP contribution in [-0.4, -0.2) is 52.9 Å². The fraction of sp³-hybridized carbons (Fsp3) is 0.500. The third-order valence-corrected chi connectivity index (χ3v) is 4.92. The van der Waals surface area contributed by atoms with Crippen molar-refractivity contribution < 1.29 is 18.8 Å². The molecule has 1 saturated heterocycles. The van der Waals surface area contributed by atoms with Crippen LogP contribution in [0.5, 0.6) is 0 Å². The lowest BCUT2D eigenvalue weighted by atomic mass is 10.1. The number of hydrogen-bond donors (Lipinski definition) is 0. The third kappa shape index (κ3) is 3.57. The summed E-state index contributed by atoms with van der Waals surface area (Å²) in [5, 5.41) is 3.63. The molecule has 7 heteroatoms. The molecule has 0 spiro atoms. The normalized spacial score (nSPS) is 25.8. The number of morpholine rings is 1. The van der Waals surface area contributed by atoms with E-state index >= 15 is 0 Å². The first kappa shape index (κ1) is 16.2. The molecule has 3 atom stereocenters. The van der Waals surface area contributed by atoms with E-state index in [2.05, 4.69) is 10.1 Å². The molecule has 2 aromatic heterocycles. The lowest BCUT2D eigenvalue weighted by Crippen LogP contribution is -2.51. The minimum Gasteiger partial charge on any atom is -0.376 e. The number of amides is 1. The number of nitrogens with zero attached hydrogens (tertiary/aromatic N) is 3. The largest absolute Gasteiger partial charge is 0.376 e. The quantitative estimate of drug-likeness (QED) is 0.825. The van der Waals surface area contributed by atoms with Gasteiger partial charge in [0.2, 0.25) is 5.76 Å². The number of carbonyl (C=O) groups excluding carboxylic acids is 1. The van der Waals surface area contributed by atoms with Crippen LogP contribution >= 0.6 is 0 Å². The van der Waals surface area contributed by atoms with Gasteiger partial charge in [0.15, 0.2) is 0 Å². The minimum absolute atomic E-state index is 0.0788. The van der Waals surface area contributed by atoms with Crippen molar-refractivity contribution in [2.75, 3.05) is 19.8 Å². The van der Waals surface area contributed by atoms with E-state index in [1.165, 1.54) is 6.20 Å². The Labute approximate surface area is 145 Å². The van der Waals surface area contributed by atoms with Crippen LogP contribution in [0.4, 0.5) is 0 Å². The summed E-state index contributed by atoms with van der Waals surface area (Å²) in [7, 11) is 0. The molecule has 1 amide bonds. The van der Waals surface area contributed by atoms with Crippen LogP contribution in [0, 0.1) is 5.92 Å². The number of aromatic nitrogens is 2. The Morgan fingerprint density at radius 3 is 2.92 bits per heavy atom. The lowest BCUT2D eigenvalue weighted by Gasteiger charge is -2.37. The van der Waals surface area contributed by atoms with Crippen LogP contribution in [0.2, 0.25) is 0 Å². The van der Waals surface area contributed by atoms with E-state index in [0.717, 1.165) is 18.4 Å². The predicted octanol–water partition coefficient (Wildman–Crippen LogP) is 1.91. The summed E-state index contributed by atoms with van der Waals surface area (Å²) in [6.45, 7) is 2.40. The maximum absolute atomic E-state index is 12.6. The molecule has 1 saturated carbocycles. The SMILES string of the molecule is O=C(c1ccno1)N1CCO[C@@H]2CC(COCc3ccncc3)C[C@H]21. The molecule has 2 aromatic rings. The predicted molar refractivity (Wildman–Crippen MR) is 87.7 cm³/mol. The van der Waals surface area contributed by atoms with Crippen molar-refractivity contribution in [1.29, 1.82) is 0 Å². The fourth-order valence-corrected chi connectivity index (χ4v) is 3.73. The van der Waals surface area contributed by atoms with Gasteiger partial charge in [-0.25, -0.2) is 0 Å². The molecule has 7 nitrogen and oxygen atoms in total. The molecule has 1 aliphatic heterocycles. The van der Waals surface area contributed by atoms with Gasteiger partial charge in [-0.15, -0.1) is 0 Å². The second kappa shape index (κ2) is 7.33. The van der Waals surface area contributed by atoms with Crippen molar-refractivity contribution in [2.45, 2.75) is 31.6 Å². The topological polar surface area (TPSA) is 77.7 Å². The number of ether oxygens (including phenoxy) is 2. The maximum atomic E-state index is 12.6. The molecule has 0 radical (unpaired) electrons. The second-order valence-corrected chi connectivity index (χ2v) is 6.56. The zero-order valence-electron chi connectivity index (χ0n) is 13.9. The fourth-order valence-electron chi connectivity index (χ4n) is 3.73. The number of hydrogen-bond acceptors (Lipinski definition) is 6. The van der Waals surface area contributed by atoms with Crippen LogP contribution in [0.3, 0.4) is 0 Å². The number of rotatable bonds is 5. The van der Waals surface area contributed by atoms with Crippen molar-refractivity contribution in [3.8, 4) is 0 Å². The van der Waals surface area contributed by atoms with Gasteiger partial charge in [0.05, 0.1) is 38.2 Å². The van der Waals surface area contributed by atoms with Crippen LogP contribution in [0.25, 0.3) is 0 Å². The van der Waals surface area contributed by atoms with E-state index in [4.69, 9.17) is 14.0 Å². The van der Waals surface area contributed by atoms with E-state index in [0.29, 0.717) is 32.3 Å². The van der Waals surface area contributed by atoms with E-state index in [1.54, 1.807) is 18.5 Å². The van der Waals surface area contributed by atoms with E-state index < -0.39 is 0 Å². The zero-order chi connectivity index (χ0) is 17.1. The van der Waals surface area contributed by atoms with Gasteiger partial charge in [-0.3, -0.25) is 9.78 Å². The minimum atomic E-state index is -0.103. The van der Waals surface area contributed by atoms with E-state index in [-0.39, 0.29) is 23.8 Å². The standard InChI is InChI=1S/C18H21N3O4/c22-18(16-3-6-20-25-16)21-7-8-24-17-10-14(9-15(17)21)12-23-11-13-1-4-19-5-2-13/h1-6,14-15,17H,7-12H2/t14?,15-,17-/m1/s1. The van der Waals surface area contributed by atoms with Crippen molar-refractivity contribution >= 4 is 5.91 Å². The van der Waals surface area contributed by atoms with Crippen molar-refractivity contribution in [3.63, 3.8) is 0 Å². The highest BCUT2D eigenvalue weighted by molar-refractivity contribution is 5.91. The lowest BCUT2D eigenvalue weighted by molar-refractivity contribution is -0.0461. The molecule has 0 aromatic carbocycles. The smallest absolute Gasteiger partial charge is 0.292 e. The molecular formula is C18H21N3O4. The summed E-state index contributed by atoms with van der Waals surface area (Å²) in [5.41, 5.74) is 1.11. The van der Waals surface area contributed by atoms with Gasteiger partial charge in [-0.05, 0) is 36.5 Å². The molecule has 0 N–H and O–H groups in total. The first-order chi connectivity index (χ1) is 12.3. The van der Waals surface area contributed by atoms with Crippen molar-refractivity contribution in [1.82, 2.24) is 15.0 Å². The van der Waals surface area contributed by atoms with Gasteiger partial charge >= 0.3 is 0 Å². The molecule has 3 heterocycles. The Balaban J connectivity index is 1.33. The Morgan fingerprint density at radius 2 is 2.12 bits per heavy atom. The first-order valence-electron chi connectivity index (χ1n) is 8.61. The molecule has 132 valence electrons. The van der Waals surface area contributed by atoms with Gasteiger partial charge in [0, 0.05) is 25.0 Å². The summed E-state index contributed by atoms with van der Waals surface area (Å²) < 4.78 is 16.8. The second-order valence-electron chi connectivity index (χ2n) is 6.56. The number of pyridine rings is 1. The molecule has 4 rings (SSSR count). The zero-order valence-corrected chi connectivity index (χ0v) is 13.9. The van der Waals surface area contributed by atoms with E-state index in [1.807, 2.05) is 17.0 Å². The Morgan fingerprint density at radius 1 is 1.24 bits per heavy atom. The van der Waals surface area contributed by atoms with Gasteiger partial charge in [-0.2, -0.15) is 0 Å². The monoisotopic (exact) mass is 343 g/mol. The van der Waals surface area contributed by atoms with Gasteiger partial charge < -0.3 is 18.9 Å². The van der Waals surface area contributed by atoms with Crippen LogP contribution in [0.15, 0.2) is 41.3 Å². The Bertz CT molecular complexity index is 692. The van der Waals surface area contributed by atoms with Crippen molar-refractivity contribution in [3.05, 3.63) is 48.1 Å². The molecule has 1 aliphatic carbocycles. The average molecular weight is 343 g/mol. The summed E-state index contributed by atoms with van der Waals surface area (Å²) in [6, 6.07) is 5.60. The van der Waals surface area contributed by atoms with Crippen LogP contribution in [0.1, 0.15) is 29.0 Å². The van der Waals surface area contributed by atoms with Crippen LogP contribution < -0.4 is 0 Å². The molecule has 2 fully saturated rings. The summed E-state index contributed by atoms with van der Waals surface area (Å²) in [4.78, 5) is 18.5. The molecule has 25 heavy (non-hydrogen) atoms. The summed E-state index contributed by atoms with van der Waals surface area (Å²) in [6.07, 6.45) is 6.92. The molecular weight excluding hydrogens is 322 g/mol. The average Bonchev–Trinajstić information content (AvgIpc) is 3.31. The van der Waals surface area contributed by atoms with Gasteiger partial charge in [-0.1, -0.05) is 5.16 Å². The molecule has 2 aliphatic rings. The van der Waals surface area contributed by atoms with Gasteiger partial charge in [0.1, 0.15) is 0 Å². The third-order valence-electron chi connectivity index (χ3n) is 4.92. The van der Waals surface area contributed by atoms with Crippen molar-refractivity contribution in [2.24, 2.45) is 5.92 Å². The number of fused-ring (bicyclic) bond motifs is 1. The highest BCUT2D eigenvalue weighted by Crippen LogP contribution is 2.35. The number of carbonyl (C=O) groups is 1. The summed E-state index contributed by atoms with van der Waals surface area (Å²) in [5.74, 6) is 0.576. The highest BCUT2D eigenvalue weighted by Gasteiger charge is 2.43.